The third-order valence-electron chi connectivity index (χ3n) is 4.43. The molecule has 2 saturated heterocycles. The summed E-state index contributed by atoms with van der Waals surface area (Å²) in [5.41, 5.74) is 0. The van der Waals surface area contributed by atoms with E-state index in [4.69, 9.17) is 4.74 Å². The summed E-state index contributed by atoms with van der Waals surface area (Å²) in [4.78, 5) is 18.7. The van der Waals surface area contributed by atoms with Gasteiger partial charge in [0.1, 0.15) is 5.82 Å². The maximum Gasteiger partial charge on any atom is 0.225 e. The van der Waals surface area contributed by atoms with E-state index < -0.39 is 0 Å². The monoisotopic (exact) mass is 277 g/mol. The van der Waals surface area contributed by atoms with Crippen molar-refractivity contribution in [3.63, 3.8) is 0 Å². The first-order valence-corrected chi connectivity index (χ1v) is 7.63. The summed E-state index contributed by atoms with van der Waals surface area (Å²) in [6.07, 6.45) is 8.88. The van der Waals surface area contributed by atoms with Crippen molar-refractivity contribution in [2.75, 3.05) is 19.7 Å². The summed E-state index contributed by atoms with van der Waals surface area (Å²) in [6.45, 7) is 4.53. The maximum absolute atomic E-state index is 12.4. The quantitative estimate of drug-likeness (QED) is 0.848. The molecule has 2 unspecified atom stereocenters. The zero-order valence-electron chi connectivity index (χ0n) is 12.1. The second kappa shape index (κ2) is 5.95. The number of imidazole rings is 1. The zero-order valence-corrected chi connectivity index (χ0v) is 12.1. The molecule has 0 radical (unpaired) electrons. The van der Waals surface area contributed by atoms with E-state index in [-0.39, 0.29) is 12.0 Å². The molecule has 1 amide bonds. The Hall–Kier alpha value is -1.36. The van der Waals surface area contributed by atoms with Crippen LogP contribution in [-0.2, 0) is 9.53 Å². The van der Waals surface area contributed by atoms with Crippen LogP contribution < -0.4 is 0 Å². The molecule has 0 N–H and O–H groups in total. The van der Waals surface area contributed by atoms with Gasteiger partial charge < -0.3 is 14.2 Å². The number of amides is 1. The Balaban J connectivity index is 1.60. The van der Waals surface area contributed by atoms with Crippen molar-refractivity contribution < 1.29 is 9.53 Å². The fourth-order valence-electron chi connectivity index (χ4n) is 3.31. The summed E-state index contributed by atoms with van der Waals surface area (Å²) in [5, 5.41) is 0. The Morgan fingerprint density at radius 1 is 1.45 bits per heavy atom. The summed E-state index contributed by atoms with van der Waals surface area (Å²) < 4.78 is 7.77. The molecule has 2 fully saturated rings. The molecule has 5 nitrogen and oxygen atoms in total. The molecular weight excluding hydrogens is 254 g/mol. The van der Waals surface area contributed by atoms with E-state index >= 15 is 0 Å². The van der Waals surface area contributed by atoms with Crippen LogP contribution in [0, 0.1) is 6.92 Å². The maximum atomic E-state index is 12.4. The van der Waals surface area contributed by atoms with Crippen LogP contribution in [0.1, 0.15) is 44.0 Å². The highest BCUT2D eigenvalue weighted by molar-refractivity contribution is 5.76. The molecule has 110 valence electrons. The van der Waals surface area contributed by atoms with Gasteiger partial charge in [-0.1, -0.05) is 0 Å². The van der Waals surface area contributed by atoms with Crippen molar-refractivity contribution in [3.8, 4) is 0 Å². The van der Waals surface area contributed by atoms with E-state index in [1.807, 2.05) is 24.2 Å². The van der Waals surface area contributed by atoms with Crippen LogP contribution in [0.15, 0.2) is 12.4 Å². The molecule has 2 aliphatic heterocycles. The summed E-state index contributed by atoms with van der Waals surface area (Å²) in [7, 11) is 0. The Labute approximate surface area is 119 Å². The molecule has 0 saturated carbocycles. The van der Waals surface area contributed by atoms with E-state index in [2.05, 4.69) is 9.55 Å². The highest BCUT2D eigenvalue weighted by Gasteiger charge is 2.28. The highest BCUT2D eigenvalue weighted by Crippen LogP contribution is 2.24. The fraction of sp³-hybridized carbons (Fsp3) is 0.733. The minimum atomic E-state index is 0.151. The molecule has 2 aliphatic rings. The lowest BCUT2D eigenvalue weighted by Crippen LogP contribution is -2.41. The number of hydrogen-bond acceptors (Lipinski definition) is 3. The van der Waals surface area contributed by atoms with Crippen LogP contribution in [-0.4, -0.2) is 46.2 Å². The Morgan fingerprint density at radius 3 is 3.05 bits per heavy atom. The number of rotatable bonds is 3. The summed E-state index contributed by atoms with van der Waals surface area (Å²) >= 11 is 0. The number of likely N-dealkylation sites (tertiary alicyclic amines) is 1. The predicted octanol–water partition coefficient (Wildman–Crippen LogP) is 1.92. The van der Waals surface area contributed by atoms with E-state index in [1.54, 1.807) is 0 Å². The second-order valence-electron chi connectivity index (χ2n) is 5.86. The predicted molar refractivity (Wildman–Crippen MR) is 75.4 cm³/mol. The number of carbonyl (C=O) groups excluding carboxylic acids is 1. The van der Waals surface area contributed by atoms with Crippen LogP contribution in [0.25, 0.3) is 0 Å². The molecule has 5 heteroatoms. The lowest BCUT2D eigenvalue weighted by molar-refractivity contribution is -0.135. The number of aryl methyl sites for hydroxylation is 1. The average molecular weight is 277 g/mol. The number of piperidine rings is 1. The van der Waals surface area contributed by atoms with Crippen molar-refractivity contribution in [1.29, 1.82) is 0 Å². The lowest BCUT2D eigenvalue weighted by atomic mass is 10.0. The molecule has 0 spiro atoms. The number of hydrogen-bond donors (Lipinski definition) is 0. The normalized spacial score (nSPS) is 26.9. The standard InChI is InChI=1S/C15H23N3O2/c1-12-16-6-8-18(12)13-4-2-7-17(11-13)15(19)10-14-5-3-9-20-14/h6,8,13-14H,2-5,7,9-11H2,1H3. The summed E-state index contributed by atoms with van der Waals surface area (Å²) in [5.74, 6) is 1.28. The number of ether oxygens (including phenoxy) is 1. The van der Waals surface area contributed by atoms with Crippen molar-refractivity contribution in [1.82, 2.24) is 14.5 Å². The van der Waals surface area contributed by atoms with Crippen LogP contribution in [0.4, 0.5) is 0 Å². The Bertz CT molecular complexity index is 465. The molecule has 2 atom stereocenters. The van der Waals surface area contributed by atoms with Crippen molar-refractivity contribution >= 4 is 5.91 Å². The highest BCUT2D eigenvalue weighted by atomic mass is 16.5. The number of aromatic nitrogens is 2. The van der Waals surface area contributed by atoms with Crippen molar-refractivity contribution in [2.45, 2.75) is 51.2 Å². The van der Waals surface area contributed by atoms with Gasteiger partial charge in [-0.25, -0.2) is 4.98 Å². The number of nitrogens with zero attached hydrogens (tertiary/aromatic N) is 3. The SMILES string of the molecule is Cc1nccn1C1CCCN(C(=O)CC2CCCO2)C1. The first-order chi connectivity index (χ1) is 9.74. The van der Waals surface area contributed by atoms with E-state index in [9.17, 15) is 4.79 Å². The molecule has 1 aromatic rings. The second-order valence-corrected chi connectivity index (χ2v) is 5.86. The van der Waals surface area contributed by atoms with Crippen LogP contribution >= 0.6 is 0 Å². The lowest BCUT2D eigenvalue weighted by Gasteiger charge is -2.34. The largest absolute Gasteiger partial charge is 0.378 e. The fourth-order valence-corrected chi connectivity index (χ4v) is 3.31. The minimum Gasteiger partial charge on any atom is -0.378 e. The van der Waals surface area contributed by atoms with Gasteiger partial charge in [-0.2, -0.15) is 0 Å². The Morgan fingerprint density at radius 2 is 2.35 bits per heavy atom. The van der Waals surface area contributed by atoms with Gasteiger partial charge in [0, 0.05) is 32.1 Å². The zero-order chi connectivity index (χ0) is 13.9. The van der Waals surface area contributed by atoms with Gasteiger partial charge in [0.15, 0.2) is 0 Å². The summed E-state index contributed by atoms with van der Waals surface area (Å²) in [6, 6.07) is 0.375. The van der Waals surface area contributed by atoms with Gasteiger partial charge >= 0.3 is 0 Å². The van der Waals surface area contributed by atoms with Gasteiger partial charge in [-0.3, -0.25) is 4.79 Å². The van der Waals surface area contributed by atoms with Gasteiger partial charge in [-0.05, 0) is 32.6 Å². The van der Waals surface area contributed by atoms with E-state index in [0.717, 1.165) is 51.2 Å². The molecule has 0 bridgehead atoms. The van der Waals surface area contributed by atoms with Gasteiger partial charge in [-0.15, -0.1) is 0 Å². The first-order valence-electron chi connectivity index (χ1n) is 7.63. The molecule has 20 heavy (non-hydrogen) atoms. The molecule has 3 rings (SSSR count). The molecule has 0 aliphatic carbocycles. The molecule has 0 aromatic carbocycles. The van der Waals surface area contributed by atoms with Crippen LogP contribution in [0.5, 0.6) is 0 Å². The topological polar surface area (TPSA) is 47.4 Å². The van der Waals surface area contributed by atoms with Crippen LogP contribution in [0.3, 0.4) is 0 Å². The third-order valence-corrected chi connectivity index (χ3v) is 4.43. The third kappa shape index (κ3) is 2.87. The molecular formula is C15H23N3O2. The average Bonchev–Trinajstić information content (AvgIpc) is 3.10. The van der Waals surface area contributed by atoms with Crippen molar-refractivity contribution in [2.24, 2.45) is 0 Å². The van der Waals surface area contributed by atoms with Gasteiger partial charge in [0.2, 0.25) is 5.91 Å². The molecule has 1 aromatic heterocycles. The van der Waals surface area contributed by atoms with Gasteiger partial charge in [0.25, 0.3) is 0 Å². The first kappa shape index (κ1) is 13.6. The Kier molecular flexibility index (Phi) is 4.05. The van der Waals surface area contributed by atoms with E-state index in [0.29, 0.717) is 12.5 Å². The van der Waals surface area contributed by atoms with E-state index in [1.165, 1.54) is 0 Å². The number of carbonyl (C=O) groups is 1. The van der Waals surface area contributed by atoms with Gasteiger partial charge in [0.05, 0.1) is 18.6 Å². The molecule has 3 heterocycles. The minimum absolute atomic E-state index is 0.151. The van der Waals surface area contributed by atoms with Crippen LogP contribution in [0.2, 0.25) is 0 Å². The van der Waals surface area contributed by atoms with Crippen molar-refractivity contribution in [3.05, 3.63) is 18.2 Å². The smallest absolute Gasteiger partial charge is 0.225 e.